The minimum absolute atomic E-state index is 0.166. The topological polar surface area (TPSA) is 102 Å². The Morgan fingerprint density at radius 3 is 1.84 bits per heavy atom. The van der Waals surface area contributed by atoms with Crippen LogP contribution in [0.15, 0.2) is 78.9 Å². The third-order valence-electron chi connectivity index (χ3n) is 10.9. The fourth-order valence-electron chi connectivity index (χ4n) is 7.48. The molecule has 1 fully saturated rings. The fraction of sp³-hybridized carbons (Fsp3) is 0.500. The van der Waals surface area contributed by atoms with Crippen LogP contribution in [0.2, 0.25) is 0 Å². The van der Waals surface area contributed by atoms with Crippen molar-refractivity contribution in [2.24, 2.45) is 11.8 Å². The van der Waals surface area contributed by atoms with E-state index in [-0.39, 0.29) is 44.8 Å². The number of esters is 2. The molecule has 0 aliphatic heterocycles. The summed E-state index contributed by atoms with van der Waals surface area (Å²) in [6.45, 7) is 13.0. The molecule has 4 rings (SSSR count). The lowest BCUT2D eigenvalue weighted by molar-refractivity contribution is -0.139. The van der Waals surface area contributed by atoms with Crippen LogP contribution in [0.4, 0.5) is 4.39 Å². The molecular formula is C48H63FO7. The maximum atomic E-state index is 16.2. The van der Waals surface area contributed by atoms with Gasteiger partial charge in [-0.1, -0.05) is 82.2 Å². The number of aliphatic hydroxyl groups excluding tert-OH is 2. The number of benzene rings is 3. The normalized spacial score (nSPS) is 15.4. The molecule has 0 radical (unpaired) electrons. The second-order valence-electron chi connectivity index (χ2n) is 15.6. The van der Waals surface area contributed by atoms with Gasteiger partial charge in [-0.3, -0.25) is 0 Å². The van der Waals surface area contributed by atoms with Crippen LogP contribution >= 0.6 is 0 Å². The highest BCUT2D eigenvalue weighted by Crippen LogP contribution is 2.39. The van der Waals surface area contributed by atoms with Crippen LogP contribution in [0.25, 0.3) is 22.3 Å². The van der Waals surface area contributed by atoms with Crippen LogP contribution < -0.4 is 4.74 Å². The quantitative estimate of drug-likeness (QED) is 0.0562. The molecule has 0 bridgehead atoms. The van der Waals surface area contributed by atoms with E-state index < -0.39 is 11.9 Å². The molecule has 7 nitrogen and oxygen atoms in total. The molecule has 1 aliphatic carbocycles. The molecule has 3 aromatic carbocycles. The lowest BCUT2D eigenvalue weighted by atomic mass is 9.77. The molecule has 0 amide bonds. The van der Waals surface area contributed by atoms with Crippen LogP contribution in [-0.2, 0) is 31.9 Å². The smallest absolute Gasteiger partial charge is 0.333 e. The summed E-state index contributed by atoms with van der Waals surface area (Å²) in [6, 6.07) is 17.8. The van der Waals surface area contributed by atoms with Gasteiger partial charge >= 0.3 is 11.9 Å². The Morgan fingerprint density at radius 1 is 0.750 bits per heavy atom. The molecule has 0 unspecified atom stereocenters. The number of hydrogen-bond acceptors (Lipinski definition) is 7. The van der Waals surface area contributed by atoms with Gasteiger partial charge in [0, 0.05) is 35.8 Å². The van der Waals surface area contributed by atoms with Crippen LogP contribution in [-0.4, -0.2) is 55.2 Å². The first kappa shape index (κ1) is 44.4. The van der Waals surface area contributed by atoms with E-state index in [4.69, 9.17) is 14.2 Å². The van der Waals surface area contributed by atoms with E-state index in [0.29, 0.717) is 66.0 Å². The largest absolute Gasteiger partial charge is 0.493 e. The third-order valence-corrected chi connectivity index (χ3v) is 10.9. The van der Waals surface area contributed by atoms with E-state index in [1.807, 2.05) is 24.3 Å². The molecule has 1 saturated carbocycles. The molecule has 1 aliphatic rings. The Bertz CT molecular complexity index is 1680. The average molecular weight is 771 g/mol. The summed E-state index contributed by atoms with van der Waals surface area (Å²) in [5, 5.41) is 19.2. The number of hydrogen-bond donors (Lipinski definition) is 2. The van der Waals surface area contributed by atoms with Gasteiger partial charge in [0.25, 0.3) is 0 Å². The summed E-state index contributed by atoms with van der Waals surface area (Å²) in [4.78, 5) is 24.1. The highest BCUT2D eigenvalue weighted by Gasteiger charge is 2.23. The Balaban J connectivity index is 1.58. The van der Waals surface area contributed by atoms with Gasteiger partial charge in [0.2, 0.25) is 0 Å². The Kier molecular flexibility index (Phi) is 18.3. The Labute approximate surface area is 334 Å². The highest BCUT2D eigenvalue weighted by atomic mass is 19.1. The highest BCUT2D eigenvalue weighted by molar-refractivity contribution is 5.87. The van der Waals surface area contributed by atoms with Crippen LogP contribution in [0.3, 0.4) is 0 Å². The molecule has 56 heavy (non-hydrogen) atoms. The number of rotatable bonds is 23. The molecule has 0 heterocycles. The predicted octanol–water partition coefficient (Wildman–Crippen LogP) is 10.5. The second kappa shape index (κ2) is 23.1. The molecule has 0 aromatic heterocycles. The molecule has 304 valence electrons. The number of halogens is 1. The van der Waals surface area contributed by atoms with Gasteiger partial charge in [-0.25, -0.2) is 14.0 Å². The zero-order valence-electron chi connectivity index (χ0n) is 33.9. The van der Waals surface area contributed by atoms with Crippen molar-refractivity contribution < 1.29 is 38.4 Å². The van der Waals surface area contributed by atoms with Gasteiger partial charge in [-0.2, -0.15) is 0 Å². The van der Waals surface area contributed by atoms with Crippen molar-refractivity contribution in [1.82, 2.24) is 0 Å². The van der Waals surface area contributed by atoms with E-state index in [0.717, 1.165) is 28.2 Å². The van der Waals surface area contributed by atoms with Crippen LogP contribution in [0.5, 0.6) is 5.75 Å². The van der Waals surface area contributed by atoms with Crippen LogP contribution in [0.1, 0.15) is 114 Å². The maximum Gasteiger partial charge on any atom is 0.333 e. The first-order chi connectivity index (χ1) is 27.0. The number of unbranched alkanes of at least 4 members (excludes halogenated alkanes) is 2. The molecule has 8 heteroatoms. The summed E-state index contributed by atoms with van der Waals surface area (Å²) in [5.74, 6) is 0.466. The summed E-state index contributed by atoms with van der Waals surface area (Å²) >= 11 is 0. The van der Waals surface area contributed by atoms with Crippen molar-refractivity contribution in [3.05, 3.63) is 101 Å². The monoisotopic (exact) mass is 770 g/mol. The van der Waals surface area contributed by atoms with Gasteiger partial charge < -0.3 is 24.4 Å². The Morgan fingerprint density at radius 2 is 1.32 bits per heavy atom. The zero-order valence-corrected chi connectivity index (χ0v) is 33.9. The van der Waals surface area contributed by atoms with E-state index in [1.165, 1.54) is 56.9 Å². The minimum atomic E-state index is -0.462. The lowest BCUT2D eigenvalue weighted by Crippen LogP contribution is -2.16. The van der Waals surface area contributed by atoms with E-state index in [2.05, 4.69) is 44.3 Å². The number of aryl methyl sites for hydroxylation is 2. The van der Waals surface area contributed by atoms with Gasteiger partial charge in [-0.15, -0.1) is 0 Å². The number of ether oxygens (including phenoxy) is 3. The predicted molar refractivity (Wildman–Crippen MR) is 222 cm³/mol. The first-order valence-corrected chi connectivity index (χ1v) is 20.6. The van der Waals surface area contributed by atoms with E-state index in [1.54, 1.807) is 19.9 Å². The fourth-order valence-corrected chi connectivity index (χ4v) is 7.48. The van der Waals surface area contributed by atoms with Gasteiger partial charge in [-0.05, 0) is 135 Å². The summed E-state index contributed by atoms with van der Waals surface area (Å²) < 4.78 is 33.3. The second-order valence-corrected chi connectivity index (χ2v) is 15.6. The summed E-state index contributed by atoms with van der Waals surface area (Å²) in [6.07, 6.45) is 12.7. The van der Waals surface area contributed by atoms with Gasteiger partial charge in [0.15, 0.2) is 0 Å². The average Bonchev–Trinajstić information content (AvgIpc) is 3.20. The van der Waals surface area contributed by atoms with Crippen LogP contribution in [0, 0.1) is 17.7 Å². The minimum Gasteiger partial charge on any atom is -0.493 e. The SMILES string of the molecule is C=C(C)C(=O)OCCCc1cc(-c2ccc(-c3ccc(C4CCC(CCCCC)CC4)cc3)cc2F)cc(CCCOC(=O)C(=C)C)c1OCCC(CO)CO. The lowest BCUT2D eigenvalue weighted by Gasteiger charge is -2.29. The number of carbonyl (C=O) groups is 2. The van der Waals surface area contributed by atoms with Gasteiger partial charge in [0.1, 0.15) is 11.6 Å². The van der Waals surface area contributed by atoms with E-state index in [9.17, 15) is 19.8 Å². The zero-order chi connectivity index (χ0) is 40.5. The van der Waals surface area contributed by atoms with Crippen molar-refractivity contribution >= 4 is 11.9 Å². The molecular weight excluding hydrogens is 708 g/mol. The Hall–Kier alpha value is -4.27. The van der Waals surface area contributed by atoms with Crippen molar-refractivity contribution in [2.45, 2.75) is 110 Å². The summed E-state index contributed by atoms with van der Waals surface area (Å²) in [5.41, 5.74) is 6.51. The standard InChI is InChI=1S/C48H63FO7/c1-6-7-8-11-35-14-16-37(17-15-35)38-18-20-39(21-19-38)40-22-23-44(45(49)30-40)43-28-41(12-9-25-55-47(52)33(2)3)46(54-27-24-36(31-50)32-51)42(29-43)13-10-26-56-48(53)34(4)5/h18-23,28-30,35-37,50-51H,2,4,6-17,24-27,31-32H2,1,3,5H3. The molecule has 0 spiro atoms. The summed E-state index contributed by atoms with van der Waals surface area (Å²) in [7, 11) is 0. The number of aliphatic hydroxyl groups is 2. The molecule has 3 aromatic rings. The van der Waals surface area contributed by atoms with E-state index >= 15 is 4.39 Å². The third kappa shape index (κ3) is 13.4. The molecule has 0 atom stereocenters. The molecule has 0 saturated heterocycles. The van der Waals surface area contributed by atoms with Gasteiger partial charge in [0.05, 0.1) is 19.8 Å². The molecule has 2 N–H and O–H groups in total. The van der Waals surface area contributed by atoms with Crippen molar-refractivity contribution in [3.63, 3.8) is 0 Å². The maximum absolute atomic E-state index is 16.2. The van der Waals surface area contributed by atoms with Crippen molar-refractivity contribution in [3.8, 4) is 28.0 Å². The number of carbonyl (C=O) groups excluding carboxylic acids is 2. The van der Waals surface area contributed by atoms with Crippen molar-refractivity contribution in [2.75, 3.05) is 33.0 Å². The first-order valence-electron chi connectivity index (χ1n) is 20.6. The van der Waals surface area contributed by atoms with Crippen molar-refractivity contribution in [1.29, 1.82) is 0 Å².